The Morgan fingerprint density at radius 2 is 1.97 bits per heavy atom. The lowest BCUT2D eigenvalue weighted by Gasteiger charge is -2.26. The standard InChI is InChI=1S/C23H22FN3O3S2/c24-18-5-1-3-16(13-18)14-20-22(29)27(23(31)32-20)19-6-2-4-17(15-19)21(28)25-7-8-26-9-11-30-12-10-26/h1-6,13-15H,7-12H2,(H,25,28)/b20-14-. The Bertz CT molecular complexity index is 1070. The molecular weight excluding hydrogens is 449 g/mol. The normalized spacial score (nSPS) is 18.4. The minimum atomic E-state index is -0.374. The van der Waals surface area contributed by atoms with Gasteiger partial charge in [-0.05, 0) is 42.0 Å². The largest absolute Gasteiger partial charge is 0.379 e. The maximum absolute atomic E-state index is 13.5. The summed E-state index contributed by atoms with van der Waals surface area (Å²) in [5, 5.41) is 2.92. The van der Waals surface area contributed by atoms with Gasteiger partial charge in [0.25, 0.3) is 11.8 Å². The number of hydrogen-bond acceptors (Lipinski definition) is 6. The Kier molecular flexibility index (Phi) is 7.31. The fourth-order valence-corrected chi connectivity index (χ4v) is 4.78. The van der Waals surface area contributed by atoms with Crippen molar-refractivity contribution in [2.24, 2.45) is 0 Å². The first kappa shape index (κ1) is 22.6. The van der Waals surface area contributed by atoms with Crippen molar-refractivity contribution in [2.45, 2.75) is 0 Å². The minimum Gasteiger partial charge on any atom is -0.379 e. The third kappa shape index (κ3) is 5.42. The average molecular weight is 472 g/mol. The monoisotopic (exact) mass is 471 g/mol. The van der Waals surface area contributed by atoms with Crippen molar-refractivity contribution in [1.82, 2.24) is 10.2 Å². The van der Waals surface area contributed by atoms with Crippen molar-refractivity contribution in [2.75, 3.05) is 44.3 Å². The molecular formula is C23H22FN3O3S2. The van der Waals surface area contributed by atoms with Crippen molar-refractivity contribution in [3.05, 3.63) is 70.4 Å². The van der Waals surface area contributed by atoms with Crippen molar-refractivity contribution >= 4 is 51.9 Å². The number of rotatable bonds is 6. The number of morpholine rings is 1. The quantitative estimate of drug-likeness (QED) is 0.515. The van der Waals surface area contributed by atoms with Crippen LogP contribution in [0, 0.1) is 5.82 Å². The molecule has 0 radical (unpaired) electrons. The van der Waals surface area contributed by atoms with Gasteiger partial charge >= 0.3 is 0 Å². The summed E-state index contributed by atoms with van der Waals surface area (Å²) in [5.74, 6) is -0.878. The molecule has 0 bridgehead atoms. The summed E-state index contributed by atoms with van der Waals surface area (Å²) in [4.78, 5) is 29.6. The van der Waals surface area contributed by atoms with E-state index < -0.39 is 0 Å². The zero-order valence-electron chi connectivity index (χ0n) is 17.3. The summed E-state index contributed by atoms with van der Waals surface area (Å²) in [5.41, 5.74) is 1.56. The second-order valence-corrected chi connectivity index (χ2v) is 9.01. The third-order valence-corrected chi connectivity index (χ3v) is 6.43. The lowest BCUT2D eigenvalue weighted by Crippen LogP contribution is -2.41. The van der Waals surface area contributed by atoms with E-state index in [-0.39, 0.29) is 17.6 Å². The highest BCUT2D eigenvalue weighted by molar-refractivity contribution is 8.27. The highest BCUT2D eigenvalue weighted by Crippen LogP contribution is 2.36. The van der Waals surface area contributed by atoms with Crippen molar-refractivity contribution < 1.29 is 18.7 Å². The molecule has 2 fully saturated rings. The SMILES string of the molecule is O=C(NCCN1CCOCC1)c1cccc(N2C(=O)/C(=C/c3cccc(F)c3)SC2=S)c1. The van der Waals surface area contributed by atoms with Gasteiger partial charge < -0.3 is 10.1 Å². The maximum Gasteiger partial charge on any atom is 0.270 e. The molecule has 6 nitrogen and oxygen atoms in total. The molecule has 2 aliphatic rings. The minimum absolute atomic E-state index is 0.208. The summed E-state index contributed by atoms with van der Waals surface area (Å²) in [6.45, 7) is 4.45. The van der Waals surface area contributed by atoms with Crippen LogP contribution in [0.2, 0.25) is 0 Å². The lowest BCUT2D eigenvalue weighted by molar-refractivity contribution is -0.113. The Labute approximate surface area is 195 Å². The molecule has 2 aromatic carbocycles. The lowest BCUT2D eigenvalue weighted by atomic mass is 10.1. The average Bonchev–Trinajstić information content (AvgIpc) is 3.07. The molecule has 4 rings (SSSR count). The molecule has 0 saturated carbocycles. The Morgan fingerprint density at radius 1 is 1.19 bits per heavy atom. The summed E-state index contributed by atoms with van der Waals surface area (Å²) in [6, 6.07) is 12.8. The topological polar surface area (TPSA) is 61.9 Å². The molecule has 0 aliphatic carbocycles. The van der Waals surface area contributed by atoms with Gasteiger partial charge in [-0.25, -0.2) is 4.39 Å². The molecule has 2 saturated heterocycles. The highest BCUT2D eigenvalue weighted by Gasteiger charge is 2.33. The molecule has 2 amide bonds. The molecule has 2 heterocycles. The summed E-state index contributed by atoms with van der Waals surface area (Å²) in [6.07, 6.45) is 1.62. The van der Waals surface area contributed by atoms with Gasteiger partial charge in [0.1, 0.15) is 5.82 Å². The number of nitrogens with one attached hydrogen (secondary N) is 1. The number of anilines is 1. The van der Waals surface area contributed by atoms with Crippen LogP contribution in [0.4, 0.5) is 10.1 Å². The van der Waals surface area contributed by atoms with E-state index in [0.717, 1.165) is 31.4 Å². The fraction of sp³-hybridized carbons (Fsp3) is 0.261. The van der Waals surface area contributed by atoms with Crippen LogP contribution in [0.5, 0.6) is 0 Å². The number of thioether (sulfide) groups is 1. The number of nitrogens with zero attached hydrogens (tertiary/aromatic N) is 2. The van der Waals surface area contributed by atoms with Crippen molar-refractivity contribution in [3.63, 3.8) is 0 Å². The molecule has 1 N–H and O–H groups in total. The first-order valence-electron chi connectivity index (χ1n) is 10.2. The van der Waals surface area contributed by atoms with Gasteiger partial charge in [-0.3, -0.25) is 19.4 Å². The van der Waals surface area contributed by atoms with E-state index in [1.807, 2.05) is 0 Å². The number of carbonyl (C=O) groups is 2. The molecule has 0 aromatic heterocycles. The number of halogens is 1. The summed E-state index contributed by atoms with van der Waals surface area (Å²) in [7, 11) is 0. The number of thiocarbonyl (C=S) groups is 1. The van der Waals surface area contributed by atoms with Gasteiger partial charge in [0.15, 0.2) is 4.32 Å². The molecule has 0 atom stereocenters. The molecule has 166 valence electrons. The van der Waals surface area contributed by atoms with Crippen LogP contribution in [0.25, 0.3) is 6.08 Å². The van der Waals surface area contributed by atoms with E-state index in [9.17, 15) is 14.0 Å². The van der Waals surface area contributed by atoms with E-state index in [1.54, 1.807) is 42.5 Å². The second-order valence-electron chi connectivity index (χ2n) is 7.33. The van der Waals surface area contributed by atoms with Crippen molar-refractivity contribution in [3.8, 4) is 0 Å². The van der Waals surface area contributed by atoms with Gasteiger partial charge in [-0.1, -0.05) is 42.2 Å². The van der Waals surface area contributed by atoms with E-state index in [2.05, 4.69) is 10.2 Å². The molecule has 32 heavy (non-hydrogen) atoms. The van der Waals surface area contributed by atoms with Gasteiger partial charge in [0, 0.05) is 31.7 Å². The first-order valence-corrected chi connectivity index (χ1v) is 11.5. The Morgan fingerprint density at radius 3 is 2.75 bits per heavy atom. The predicted molar refractivity (Wildman–Crippen MR) is 128 cm³/mol. The van der Waals surface area contributed by atoms with Crippen LogP contribution in [-0.4, -0.2) is 60.4 Å². The molecule has 0 unspecified atom stereocenters. The van der Waals surface area contributed by atoms with Crippen LogP contribution in [0.3, 0.4) is 0 Å². The third-order valence-electron chi connectivity index (χ3n) is 5.12. The van der Waals surface area contributed by atoms with Crippen LogP contribution in [-0.2, 0) is 9.53 Å². The molecule has 0 spiro atoms. The van der Waals surface area contributed by atoms with Crippen LogP contribution < -0.4 is 10.2 Å². The van der Waals surface area contributed by atoms with Gasteiger partial charge in [0.2, 0.25) is 0 Å². The van der Waals surface area contributed by atoms with Gasteiger partial charge in [-0.15, -0.1) is 0 Å². The Balaban J connectivity index is 1.43. The van der Waals surface area contributed by atoms with Crippen molar-refractivity contribution in [1.29, 1.82) is 0 Å². The van der Waals surface area contributed by atoms with Crippen LogP contribution >= 0.6 is 24.0 Å². The van der Waals surface area contributed by atoms with Crippen LogP contribution in [0.15, 0.2) is 53.4 Å². The molecule has 2 aromatic rings. The smallest absolute Gasteiger partial charge is 0.270 e. The van der Waals surface area contributed by atoms with E-state index >= 15 is 0 Å². The van der Waals surface area contributed by atoms with E-state index in [1.165, 1.54) is 17.0 Å². The number of benzene rings is 2. The zero-order valence-corrected chi connectivity index (χ0v) is 18.9. The predicted octanol–water partition coefficient (Wildman–Crippen LogP) is 3.29. The highest BCUT2D eigenvalue weighted by atomic mass is 32.2. The zero-order chi connectivity index (χ0) is 22.5. The number of ether oxygens (including phenoxy) is 1. The van der Waals surface area contributed by atoms with Gasteiger partial charge in [-0.2, -0.15) is 0 Å². The second kappa shape index (κ2) is 10.4. The maximum atomic E-state index is 13.5. The van der Waals surface area contributed by atoms with Crippen LogP contribution in [0.1, 0.15) is 15.9 Å². The Hall–Kier alpha value is -2.59. The number of carbonyl (C=O) groups excluding carboxylic acids is 2. The number of hydrogen-bond donors (Lipinski definition) is 1. The van der Waals surface area contributed by atoms with E-state index in [0.29, 0.717) is 45.8 Å². The molecule has 2 aliphatic heterocycles. The van der Waals surface area contributed by atoms with Gasteiger partial charge in [0.05, 0.1) is 23.8 Å². The summed E-state index contributed by atoms with van der Waals surface area (Å²) < 4.78 is 19.2. The van der Waals surface area contributed by atoms with E-state index in [4.69, 9.17) is 17.0 Å². The fourth-order valence-electron chi connectivity index (χ4n) is 3.48. The summed E-state index contributed by atoms with van der Waals surface area (Å²) >= 11 is 6.56. The molecule has 9 heteroatoms. The first-order chi connectivity index (χ1) is 15.5. The number of amides is 2.